The van der Waals surface area contributed by atoms with Gasteiger partial charge in [0.05, 0.1) is 0 Å². The third kappa shape index (κ3) is 0.994. The van der Waals surface area contributed by atoms with E-state index in [0.717, 1.165) is 0 Å². The third-order valence-electron chi connectivity index (χ3n) is 0.637. The fourth-order valence-electron chi connectivity index (χ4n) is 0.337. The van der Waals surface area contributed by atoms with E-state index in [1.54, 1.807) is 6.21 Å². The molecule has 0 fully saturated rings. The van der Waals surface area contributed by atoms with E-state index in [0.29, 0.717) is 0 Å². The highest BCUT2D eigenvalue weighted by Crippen LogP contribution is 1.89. The van der Waals surface area contributed by atoms with Crippen LogP contribution < -0.4 is 0 Å². The zero-order chi connectivity index (χ0) is 5.11. The lowest BCUT2D eigenvalue weighted by molar-refractivity contribution is 0.120. The Kier molecular flexibility index (Phi) is 1.06. The molecule has 0 saturated carbocycles. The molecule has 1 unspecified atom stereocenters. The highest BCUT2D eigenvalue weighted by molar-refractivity contribution is 5.75. The summed E-state index contributed by atoms with van der Waals surface area (Å²) < 4.78 is 0. The van der Waals surface area contributed by atoms with Crippen molar-refractivity contribution in [3.8, 4) is 0 Å². The van der Waals surface area contributed by atoms with Crippen molar-refractivity contribution in [3.63, 3.8) is 0 Å². The topological polar surface area (TPSA) is 34.0 Å². The van der Waals surface area contributed by atoms with Crippen LogP contribution in [0.2, 0.25) is 0 Å². The summed E-state index contributed by atoms with van der Waals surface area (Å²) in [6.45, 7) is 1.88. The van der Waals surface area contributed by atoms with E-state index in [1.807, 2.05) is 6.92 Å². The van der Waals surface area contributed by atoms with E-state index in [9.17, 15) is 0 Å². The number of rotatable bonds is 0. The fourth-order valence-corrected chi connectivity index (χ4v) is 0.337. The van der Waals surface area contributed by atoms with Gasteiger partial charge in [-0.05, 0) is 6.92 Å². The van der Waals surface area contributed by atoms with Crippen LogP contribution in [-0.2, 0) is 4.84 Å². The second-order valence-electron chi connectivity index (χ2n) is 1.33. The van der Waals surface area contributed by atoms with Crippen molar-refractivity contribution < 1.29 is 4.84 Å². The highest BCUT2D eigenvalue weighted by Gasteiger charge is 1.96. The minimum atomic E-state index is 0.0463. The number of oxime groups is 1. The van der Waals surface area contributed by atoms with Gasteiger partial charge in [0.15, 0.2) is 12.4 Å². The Bertz CT molecular complexity index is 108. The molecular weight excluding hydrogens is 92.1 g/mol. The number of nitrogens with zero attached hydrogens (tertiary/aromatic N) is 2. The molecule has 0 radical (unpaired) electrons. The van der Waals surface area contributed by atoms with Gasteiger partial charge >= 0.3 is 0 Å². The van der Waals surface area contributed by atoms with Crippen LogP contribution in [-0.4, -0.2) is 18.7 Å². The van der Waals surface area contributed by atoms with Crippen molar-refractivity contribution in [2.24, 2.45) is 10.1 Å². The van der Waals surface area contributed by atoms with Crippen LogP contribution in [0.4, 0.5) is 0 Å². The first kappa shape index (κ1) is 4.30. The van der Waals surface area contributed by atoms with Crippen LogP contribution >= 0.6 is 0 Å². The molecule has 1 rings (SSSR count). The second kappa shape index (κ2) is 1.73. The van der Waals surface area contributed by atoms with E-state index in [4.69, 9.17) is 4.84 Å². The lowest BCUT2D eigenvalue weighted by atomic mass is 10.4. The van der Waals surface area contributed by atoms with Gasteiger partial charge in [0.1, 0.15) is 0 Å². The molecule has 1 atom stereocenters. The molecular formula is C4H6N2O. The van der Waals surface area contributed by atoms with Gasteiger partial charge in [-0.1, -0.05) is 5.16 Å². The summed E-state index contributed by atoms with van der Waals surface area (Å²) in [4.78, 5) is 8.41. The van der Waals surface area contributed by atoms with Gasteiger partial charge in [0, 0.05) is 6.21 Å². The first-order valence-corrected chi connectivity index (χ1v) is 2.10. The van der Waals surface area contributed by atoms with E-state index in [2.05, 4.69) is 10.1 Å². The smallest absolute Gasteiger partial charge is 0.159 e. The molecule has 3 heteroatoms. The summed E-state index contributed by atoms with van der Waals surface area (Å²) in [6, 6.07) is 0. The maximum absolute atomic E-state index is 4.70. The molecule has 0 saturated heterocycles. The molecule has 0 aromatic heterocycles. The minimum Gasteiger partial charge on any atom is -0.386 e. The average Bonchev–Trinajstić information content (AvgIpc) is 1.69. The first-order chi connectivity index (χ1) is 3.39. The Hall–Kier alpha value is -0.860. The zero-order valence-electron chi connectivity index (χ0n) is 4.03. The van der Waals surface area contributed by atoms with Crippen molar-refractivity contribution in [1.82, 2.24) is 0 Å². The van der Waals surface area contributed by atoms with Gasteiger partial charge in [0.25, 0.3) is 0 Å². The van der Waals surface area contributed by atoms with Crippen LogP contribution in [0.1, 0.15) is 6.92 Å². The van der Waals surface area contributed by atoms with E-state index in [-0.39, 0.29) is 6.10 Å². The molecule has 1 aliphatic rings. The summed E-state index contributed by atoms with van der Waals surface area (Å²) in [6.07, 6.45) is 3.11. The Morgan fingerprint density at radius 1 is 1.71 bits per heavy atom. The second-order valence-corrected chi connectivity index (χ2v) is 1.33. The summed E-state index contributed by atoms with van der Waals surface area (Å²) >= 11 is 0. The molecule has 0 N–H and O–H groups in total. The normalized spacial score (nSPS) is 27.3. The molecule has 1 heterocycles. The van der Waals surface area contributed by atoms with E-state index < -0.39 is 0 Å². The molecule has 0 aromatic carbocycles. The first-order valence-electron chi connectivity index (χ1n) is 2.10. The predicted octanol–water partition coefficient (Wildman–Crippen LogP) is 0.419. The SMILES string of the molecule is CC1C=NC=NO1. The fraction of sp³-hybridized carbons (Fsp3) is 0.500. The Balaban J connectivity index is 2.49. The number of hydrogen-bond acceptors (Lipinski definition) is 3. The summed E-state index contributed by atoms with van der Waals surface area (Å²) in [5, 5.41) is 3.44. The van der Waals surface area contributed by atoms with E-state index in [1.165, 1.54) is 6.34 Å². The average molecular weight is 98.1 g/mol. The van der Waals surface area contributed by atoms with Crippen LogP contribution in [0.15, 0.2) is 10.1 Å². The highest BCUT2D eigenvalue weighted by atomic mass is 16.6. The van der Waals surface area contributed by atoms with Gasteiger partial charge in [0.2, 0.25) is 0 Å². The monoisotopic (exact) mass is 98.0 g/mol. The van der Waals surface area contributed by atoms with E-state index >= 15 is 0 Å². The van der Waals surface area contributed by atoms with Crippen LogP contribution in [0, 0.1) is 0 Å². The van der Waals surface area contributed by atoms with Crippen molar-refractivity contribution in [1.29, 1.82) is 0 Å². The number of aliphatic imine (C=N–C) groups is 1. The molecule has 38 valence electrons. The summed E-state index contributed by atoms with van der Waals surface area (Å²) in [7, 11) is 0. The maximum atomic E-state index is 4.70. The van der Waals surface area contributed by atoms with Crippen LogP contribution in [0.5, 0.6) is 0 Å². The van der Waals surface area contributed by atoms with Crippen molar-refractivity contribution in [2.45, 2.75) is 13.0 Å². The van der Waals surface area contributed by atoms with Gasteiger partial charge in [-0.3, -0.25) is 0 Å². The van der Waals surface area contributed by atoms with Gasteiger partial charge in [-0.2, -0.15) is 0 Å². The standard InChI is InChI=1S/C4H6N2O/c1-4-2-5-3-6-7-4/h2-4H,1H3. The maximum Gasteiger partial charge on any atom is 0.159 e. The van der Waals surface area contributed by atoms with Crippen molar-refractivity contribution in [2.75, 3.05) is 0 Å². The van der Waals surface area contributed by atoms with Crippen LogP contribution in [0.25, 0.3) is 0 Å². The number of hydrogen-bond donors (Lipinski definition) is 0. The molecule has 0 aliphatic carbocycles. The predicted molar refractivity (Wildman–Crippen MR) is 27.5 cm³/mol. The Morgan fingerprint density at radius 3 is 2.86 bits per heavy atom. The molecule has 0 bridgehead atoms. The van der Waals surface area contributed by atoms with Crippen LogP contribution in [0.3, 0.4) is 0 Å². The molecule has 0 spiro atoms. The lowest BCUT2D eigenvalue weighted by Gasteiger charge is -2.03. The van der Waals surface area contributed by atoms with Gasteiger partial charge in [-0.25, -0.2) is 4.99 Å². The lowest BCUT2D eigenvalue weighted by Crippen LogP contribution is -2.08. The molecule has 1 aliphatic heterocycles. The molecule has 0 aromatic rings. The van der Waals surface area contributed by atoms with Gasteiger partial charge in [-0.15, -0.1) is 0 Å². The third-order valence-corrected chi connectivity index (χ3v) is 0.637. The van der Waals surface area contributed by atoms with Gasteiger partial charge < -0.3 is 4.84 Å². The Morgan fingerprint density at radius 2 is 2.57 bits per heavy atom. The minimum absolute atomic E-state index is 0.0463. The summed E-state index contributed by atoms with van der Waals surface area (Å²) in [5.74, 6) is 0. The largest absolute Gasteiger partial charge is 0.386 e. The summed E-state index contributed by atoms with van der Waals surface area (Å²) in [5.41, 5.74) is 0. The van der Waals surface area contributed by atoms with Crippen molar-refractivity contribution >= 4 is 12.6 Å². The molecule has 0 amide bonds. The van der Waals surface area contributed by atoms with Crippen molar-refractivity contribution in [3.05, 3.63) is 0 Å². The zero-order valence-corrected chi connectivity index (χ0v) is 4.03. The molecule has 3 nitrogen and oxygen atoms in total. The Labute approximate surface area is 41.7 Å². The quantitative estimate of drug-likeness (QED) is 0.432. The molecule has 7 heavy (non-hydrogen) atoms.